The molecule has 5 heteroatoms. The molecule has 2 aromatic rings. The summed E-state index contributed by atoms with van der Waals surface area (Å²) in [6.07, 6.45) is 2.71. The standard InChI is InChI=1S/C10H6I2N2O/c11-8-2-1-3-9(7(8)6-15)14-5-4-10(12)13-14/h1-6H. The van der Waals surface area contributed by atoms with E-state index in [0.717, 1.165) is 19.2 Å². The van der Waals surface area contributed by atoms with Crippen LogP contribution < -0.4 is 0 Å². The molecule has 2 rings (SSSR count). The first-order chi connectivity index (χ1) is 7.22. The third kappa shape index (κ3) is 2.22. The highest BCUT2D eigenvalue weighted by Gasteiger charge is 2.07. The lowest BCUT2D eigenvalue weighted by Crippen LogP contribution is -2.01. The van der Waals surface area contributed by atoms with Gasteiger partial charge in [0, 0.05) is 9.77 Å². The molecule has 3 nitrogen and oxygen atoms in total. The van der Waals surface area contributed by atoms with Crippen LogP contribution in [0, 0.1) is 7.27 Å². The minimum atomic E-state index is 0.678. The predicted molar refractivity (Wildman–Crippen MR) is 74.4 cm³/mol. The van der Waals surface area contributed by atoms with Crippen molar-refractivity contribution in [1.29, 1.82) is 0 Å². The molecule has 0 saturated carbocycles. The lowest BCUT2D eigenvalue weighted by Gasteiger charge is -2.05. The summed E-state index contributed by atoms with van der Waals surface area (Å²) in [6.45, 7) is 0. The Kier molecular flexibility index (Phi) is 3.39. The zero-order valence-corrected chi connectivity index (χ0v) is 11.8. The van der Waals surface area contributed by atoms with Gasteiger partial charge >= 0.3 is 0 Å². The smallest absolute Gasteiger partial charge is 0.153 e. The topological polar surface area (TPSA) is 34.9 Å². The van der Waals surface area contributed by atoms with E-state index in [2.05, 4.69) is 50.3 Å². The van der Waals surface area contributed by atoms with E-state index in [1.807, 2.05) is 30.5 Å². The first-order valence-electron chi connectivity index (χ1n) is 4.17. The minimum absolute atomic E-state index is 0.678. The summed E-state index contributed by atoms with van der Waals surface area (Å²) in [4.78, 5) is 11.0. The van der Waals surface area contributed by atoms with Gasteiger partial charge in [0.2, 0.25) is 0 Å². The molecular weight excluding hydrogens is 418 g/mol. The van der Waals surface area contributed by atoms with Crippen LogP contribution in [0.25, 0.3) is 5.69 Å². The van der Waals surface area contributed by atoms with Crippen LogP contribution in [0.4, 0.5) is 0 Å². The Morgan fingerprint density at radius 1 is 1.27 bits per heavy atom. The summed E-state index contributed by atoms with van der Waals surface area (Å²) in [6, 6.07) is 7.60. The number of aromatic nitrogens is 2. The van der Waals surface area contributed by atoms with Crippen molar-refractivity contribution in [1.82, 2.24) is 9.78 Å². The number of hydrogen-bond acceptors (Lipinski definition) is 2. The van der Waals surface area contributed by atoms with Gasteiger partial charge in [0.15, 0.2) is 6.29 Å². The minimum Gasteiger partial charge on any atom is -0.298 e. The number of halogens is 2. The molecule has 15 heavy (non-hydrogen) atoms. The summed E-state index contributed by atoms with van der Waals surface area (Å²) in [5.74, 6) is 0. The Labute approximate surface area is 114 Å². The molecule has 0 aliphatic carbocycles. The molecular formula is C10H6I2N2O. The molecule has 1 aromatic heterocycles. The fraction of sp³-hybridized carbons (Fsp3) is 0. The van der Waals surface area contributed by atoms with E-state index in [-0.39, 0.29) is 0 Å². The lowest BCUT2D eigenvalue weighted by atomic mass is 10.2. The Balaban J connectivity index is 2.62. The summed E-state index contributed by atoms with van der Waals surface area (Å²) in [5, 5.41) is 4.27. The highest BCUT2D eigenvalue weighted by atomic mass is 127. The molecule has 0 saturated heterocycles. The van der Waals surface area contributed by atoms with Crippen LogP contribution in [0.5, 0.6) is 0 Å². The van der Waals surface area contributed by atoms with Crippen molar-refractivity contribution < 1.29 is 4.79 Å². The summed E-state index contributed by atoms with van der Waals surface area (Å²) < 4.78 is 3.56. The van der Waals surface area contributed by atoms with Crippen LogP contribution >= 0.6 is 45.2 Å². The van der Waals surface area contributed by atoms with E-state index in [0.29, 0.717) is 5.56 Å². The van der Waals surface area contributed by atoms with Gasteiger partial charge in [-0.1, -0.05) is 6.07 Å². The SMILES string of the molecule is O=Cc1c(I)cccc1-n1ccc(I)n1. The van der Waals surface area contributed by atoms with Crippen molar-refractivity contribution in [3.63, 3.8) is 0 Å². The average Bonchev–Trinajstić information content (AvgIpc) is 2.64. The van der Waals surface area contributed by atoms with Gasteiger partial charge in [0.1, 0.15) is 3.70 Å². The molecule has 0 aliphatic rings. The highest BCUT2D eigenvalue weighted by Crippen LogP contribution is 2.18. The zero-order chi connectivity index (χ0) is 10.8. The number of rotatable bonds is 2. The molecule has 76 valence electrons. The number of hydrogen-bond donors (Lipinski definition) is 0. The molecule has 0 unspecified atom stereocenters. The number of carbonyl (C=O) groups is 1. The quantitative estimate of drug-likeness (QED) is 0.550. The van der Waals surface area contributed by atoms with Gasteiger partial charge in [-0.25, -0.2) is 4.68 Å². The van der Waals surface area contributed by atoms with Crippen molar-refractivity contribution in [3.05, 3.63) is 43.3 Å². The van der Waals surface area contributed by atoms with Crippen LogP contribution in [-0.4, -0.2) is 16.1 Å². The monoisotopic (exact) mass is 424 g/mol. The maximum atomic E-state index is 11.0. The van der Waals surface area contributed by atoms with Crippen LogP contribution in [0.1, 0.15) is 10.4 Å². The van der Waals surface area contributed by atoms with E-state index in [1.165, 1.54) is 0 Å². The maximum Gasteiger partial charge on any atom is 0.153 e. The molecule has 0 bridgehead atoms. The van der Waals surface area contributed by atoms with Gasteiger partial charge < -0.3 is 0 Å². The average molecular weight is 424 g/mol. The largest absolute Gasteiger partial charge is 0.298 e. The zero-order valence-electron chi connectivity index (χ0n) is 7.52. The normalized spacial score (nSPS) is 10.3. The van der Waals surface area contributed by atoms with Crippen LogP contribution in [0.3, 0.4) is 0 Å². The van der Waals surface area contributed by atoms with E-state index in [9.17, 15) is 4.79 Å². The Bertz CT molecular complexity index is 508. The first-order valence-corrected chi connectivity index (χ1v) is 6.33. The van der Waals surface area contributed by atoms with Crippen LogP contribution in [-0.2, 0) is 0 Å². The Hall–Kier alpha value is -0.440. The molecule has 1 aromatic carbocycles. The maximum absolute atomic E-state index is 11.0. The Morgan fingerprint density at radius 3 is 2.67 bits per heavy atom. The van der Waals surface area contributed by atoms with Gasteiger partial charge in [-0.05, 0) is 63.4 Å². The summed E-state index contributed by atoms with van der Waals surface area (Å²) in [7, 11) is 0. The van der Waals surface area contributed by atoms with Gasteiger partial charge in [0.25, 0.3) is 0 Å². The highest BCUT2D eigenvalue weighted by molar-refractivity contribution is 14.1. The van der Waals surface area contributed by atoms with Crippen molar-refractivity contribution >= 4 is 51.5 Å². The fourth-order valence-electron chi connectivity index (χ4n) is 1.28. The first kappa shape index (κ1) is 11.1. The molecule has 0 N–H and O–H groups in total. The second kappa shape index (κ2) is 4.60. The molecule has 0 radical (unpaired) electrons. The van der Waals surface area contributed by atoms with Gasteiger partial charge in [0.05, 0.1) is 11.3 Å². The fourth-order valence-corrected chi connectivity index (χ4v) is 2.28. The number of carbonyl (C=O) groups excluding carboxylic acids is 1. The van der Waals surface area contributed by atoms with Gasteiger partial charge in [-0.15, -0.1) is 0 Å². The van der Waals surface area contributed by atoms with Crippen molar-refractivity contribution in [2.75, 3.05) is 0 Å². The molecule has 0 spiro atoms. The van der Waals surface area contributed by atoms with Crippen molar-refractivity contribution in [3.8, 4) is 5.69 Å². The number of benzene rings is 1. The van der Waals surface area contributed by atoms with Crippen molar-refractivity contribution in [2.45, 2.75) is 0 Å². The molecule has 0 fully saturated rings. The molecule has 0 amide bonds. The molecule has 1 heterocycles. The van der Waals surface area contributed by atoms with Crippen molar-refractivity contribution in [2.24, 2.45) is 0 Å². The van der Waals surface area contributed by atoms with E-state index >= 15 is 0 Å². The second-order valence-electron chi connectivity index (χ2n) is 2.87. The van der Waals surface area contributed by atoms with Gasteiger partial charge in [-0.3, -0.25) is 4.79 Å². The second-order valence-corrected chi connectivity index (χ2v) is 5.14. The van der Waals surface area contributed by atoms with E-state index in [1.54, 1.807) is 4.68 Å². The predicted octanol–water partition coefficient (Wildman–Crippen LogP) is 2.89. The van der Waals surface area contributed by atoms with E-state index in [4.69, 9.17) is 0 Å². The lowest BCUT2D eigenvalue weighted by molar-refractivity contribution is 0.112. The van der Waals surface area contributed by atoms with Crippen LogP contribution in [0.2, 0.25) is 0 Å². The molecule has 0 aliphatic heterocycles. The summed E-state index contributed by atoms with van der Waals surface area (Å²) >= 11 is 4.28. The number of aldehydes is 1. The Morgan fingerprint density at radius 2 is 2.07 bits per heavy atom. The number of nitrogens with zero attached hydrogens (tertiary/aromatic N) is 2. The molecule has 0 atom stereocenters. The van der Waals surface area contributed by atoms with E-state index < -0.39 is 0 Å². The third-order valence-corrected chi connectivity index (χ3v) is 3.47. The van der Waals surface area contributed by atoms with Gasteiger partial charge in [-0.2, -0.15) is 5.10 Å². The van der Waals surface area contributed by atoms with Crippen LogP contribution in [0.15, 0.2) is 30.5 Å². The third-order valence-electron chi connectivity index (χ3n) is 1.95. The summed E-state index contributed by atoms with van der Waals surface area (Å²) in [5.41, 5.74) is 1.50.